The van der Waals surface area contributed by atoms with Crippen LogP contribution in [0.4, 0.5) is 5.13 Å². The number of benzene rings is 1. The van der Waals surface area contributed by atoms with Gasteiger partial charge in [0.2, 0.25) is 11.0 Å². The second-order valence-corrected chi connectivity index (χ2v) is 6.94. The van der Waals surface area contributed by atoms with Gasteiger partial charge >= 0.3 is 5.97 Å². The predicted molar refractivity (Wildman–Crippen MR) is 94.3 cm³/mol. The molecule has 0 aliphatic rings. The number of nitrogens with zero attached hydrogens (tertiary/aromatic N) is 2. The number of esters is 1. The van der Waals surface area contributed by atoms with E-state index in [2.05, 4.69) is 20.8 Å². The van der Waals surface area contributed by atoms with E-state index in [0.29, 0.717) is 15.9 Å². The normalized spacial score (nSPS) is 11.6. The van der Waals surface area contributed by atoms with E-state index >= 15 is 0 Å². The molecule has 0 saturated heterocycles. The first kappa shape index (κ1) is 18.2. The number of hydrogen-bond acceptors (Lipinski definition) is 8. The van der Waals surface area contributed by atoms with Crippen LogP contribution >= 0.6 is 23.1 Å². The Morgan fingerprint density at radius 2 is 2.04 bits per heavy atom. The lowest BCUT2D eigenvalue weighted by Gasteiger charge is -2.16. The number of nitrogens with one attached hydrogen (secondary N) is 2. The van der Waals surface area contributed by atoms with Crippen molar-refractivity contribution in [1.29, 1.82) is 0 Å². The van der Waals surface area contributed by atoms with E-state index in [4.69, 9.17) is 4.74 Å². The monoisotopic (exact) mass is 366 g/mol. The number of anilines is 1. The van der Waals surface area contributed by atoms with E-state index in [1.807, 2.05) is 30.3 Å². The van der Waals surface area contributed by atoms with E-state index in [9.17, 15) is 9.59 Å². The fourth-order valence-electron chi connectivity index (χ4n) is 1.92. The lowest BCUT2D eigenvalue weighted by atomic mass is 10.1. The molecule has 0 spiro atoms. The maximum atomic E-state index is 12.1. The van der Waals surface area contributed by atoms with Crippen molar-refractivity contribution in [2.75, 3.05) is 25.2 Å². The summed E-state index contributed by atoms with van der Waals surface area (Å²) >= 11 is 2.64. The maximum Gasteiger partial charge on any atom is 0.328 e. The molecule has 0 aliphatic carbocycles. The zero-order valence-corrected chi connectivity index (χ0v) is 14.9. The van der Waals surface area contributed by atoms with Crippen LogP contribution in [-0.2, 0) is 20.7 Å². The van der Waals surface area contributed by atoms with Gasteiger partial charge in [0.05, 0.1) is 12.9 Å². The van der Waals surface area contributed by atoms with Crippen LogP contribution in [0, 0.1) is 0 Å². The van der Waals surface area contributed by atoms with Gasteiger partial charge in [-0.25, -0.2) is 4.79 Å². The Labute approximate surface area is 148 Å². The van der Waals surface area contributed by atoms with E-state index in [1.54, 1.807) is 7.05 Å². The zero-order valence-electron chi connectivity index (χ0n) is 13.3. The molecule has 7 nitrogen and oxygen atoms in total. The van der Waals surface area contributed by atoms with Crippen LogP contribution < -0.4 is 10.6 Å². The molecule has 1 amide bonds. The Bertz CT molecular complexity index is 678. The zero-order chi connectivity index (χ0) is 17.4. The minimum absolute atomic E-state index is 0.153. The Morgan fingerprint density at radius 1 is 1.29 bits per heavy atom. The molecular weight excluding hydrogens is 348 g/mol. The van der Waals surface area contributed by atoms with Crippen molar-refractivity contribution in [3.63, 3.8) is 0 Å². The molecule has 128 valence electrons. The largest absolute Gasteiger partial charge is 0.467 e. The molecule has 0 unspecified atom stereocenters. The molecule has 9 heteroatoms. The average molecular weight is 366 g/mol. The third kappa shape index (κ3) is 5.50. The van der Waals surface area contributed by atoms with Crippen LogP contribution in [0.3, 0.4) is 0 Å². The number of methoxy groups -OCH3 is 1. The fraction of sp³-hybridized carbons (Fsp3) is 0.333. The van der Waals surface area contributed by atoms with Crippen molar-refractivity contribution in [1.82, 2.24) is 15.5 Å². The number of aromatic nitrogens is 2. The highest BCUT2D eigenvalue weighted by Crippen LogP contribution is 2.24. The fourth-order valence-corrected chi connectivity index (χ4v) is 3.43. The molecule has 1 atom stereocenters. The van der Waals surface area contributed by atoms with Crippen molar-refractivity contribution < 1.29 is 14.3 Å². The molecular formula is C15H18N4O3S2. The van der Waals surface area contributed by atoms with Crippen molar-refractivity contribution in [3.8, 4) is 0 Å². The Morgan fingerprint density at radius 3 is 2.67 bits per heavy atom. The first-order valence-electron chi connectivity index (χ1n) is 7.17. The second-order valence-electron chi connectivity index (χ2n) is 4.74. The molecule has 1 heterocycles. The number of carbonyl (C=O) groups is 2. The summed E-state index contributed by atoms with van der Waals surface area (Å²) in [5.74, 6) is -0.571. The van der Waals surface area contributed by atoms with Gasteiger partial charge in [0.25, 0.3) is 0 Å². The van der Waals surface area contributed by atoms with Crippen LogP contribution in [0.15, 0.2) is 34.7 Å². The summed E-state index contributed by atoms with van der Waals surface area (Å²) in [4.78, 5) is 24.0. The third-order valence-electron chi connectivity index (χ3n) is 3.05. The van der Waals surface area contributed by atoms with Gasteiger partial charge in [0.1, 0.15) is 6.04 Å². The number of thioether (sulfide) groups is 1. The quantitative estimate of drug-likeness (QED) is 0.541. The van der Waals surface area contributed by atoms with Crippen LogP contribution in [0.25, 0.3) is 0 Å². The second kappa shape index (κ2) is 9.24. The number of amides is 1. The molecule has 1 aromatic carbocycles. The van der Waals surface area contributed by atoms with Crippen LogP contribution in [0.2, 0.25) is 0 Å². The highest BCUT2D eigenvalue weighted by atomic mass is 32.2. The number of hydrogen-bond donors (Lipinski definition) is 2. The van der Waals surface area contributed by atoms with Gasteiger partial charge in [-0.3, -0.25) is 4.79 Å². The molecule has 0 aliphatic heterocycles. The summed E-state index contributed by atoms with van der Waals surface area (Å²) in [7, 11) is 3.06. The summed E-state index contributed by atoms with van der Waals surface area (Å²) in [5, 5.41) is 14.1. The van der Waals surface area contributed by atoms with Crippen LogP contribution in [0.1, 0.15) is 5.56 Å². The minimum Gasteiger partial charge on any atom is -0.467 e. The standard InChI is InChI=1S/C15H18N4O3S2/c1-16-14-18-19-15(24-14)23-9-12(20)17-11(13(21)22-2)8-10-6-4-3-5-7-10/h3-7,11H,8-9H2,1-2H3,(H,16,18)(H,17,20)/t11-/m0/s1. The summed E-state index contributed by atoms with van der Waals surface area (Å²) in [6.45, 7) is 0. The molecule has 24 heavy (non-hydrogen) atoms. The molecule has 1 aromatic heterocycles. The van der Waals surface area contributed by atoms with Gasteiger partial charge in [-0.1, -0.05) is 53.4 Å². The van der Waals surface area contributed by atoms with Gasteiger partial charge in [0, 0.05) is 13.5 Å². The predicted octanol–water partition coefficient (Wildman–Crippen LogP) is 1.57. The Hall–Kier alpha value is -2.13. The third-order valence-corrected chi connectivity index (χ3v) is 5.12. The lowest BCUT2D eigenvalue weighted by molar-refractivity contribution is -0.144. The first-order valence-corrected chi connectivity index (χ1v) is 8.97. The van der Waals surface area contributed by atoms with Gasteiger partial charge in [0.15, 0.2) is 4.34 Å². The number of carbonyl (C=O) groups excluding carboxylic acids is 2. The average Bonchev–Trinajstić information content (AvgIpc) is 3.07. The highest BCUT2D eigenvalue weighted by Gasteiger charge is 2.22. The van der Waals surface area contributed by atoms with Crippen molar-refractivity contribution in [3.05, 3.63) is 35.9 Å². The van der Waals surface area contributed by atoms with Gasteiger partial charge < -0.3 is 15.4 Å². The molecule has 0 bridgehead atoms. The highest BCUT2D eigenvalue weighted by molar-refractivity contribution is 8.01. The van der Waals surface area contributed by atoms with Gasteiger partial charge in [-0.2, -0.15) is 0 Å². The van der Waals surface area contributed by atoms with Gasteiger partial charge in [-0.05, 0) is 5.56 Å². The molecule has 0 saturated carbocycles. The van der Waals surface area contributed by atoms with Crippen LogP contribution in [0.5, 0.6) is 0 Å². The van der Waals surface area contributed by atoms with Crippen molar-refractivity contribution >= 4 is 40.1 Å². The first-order chi connectivity index (χ1) is 11.6. The topological polar surface area (TPSA) is 93.2 Å². The molecule has 2 aromatic rings. The Kier molecular flexibility index (Phi) is 7.01. The molecule has 0 fully saturated rings. The van der Waals surface area contributed by atoms with Crippen molar-refractivity contribution in [2.45, 2.75) is 16.8 Å². The number of rotatable bonds is 8. The molecule has 2 rings (SSSR count). The summed E-state index contributed by atoms with van der Waals surface area (Å²) in [5.41, 5.74) is 0.948. The van der Waals surface area contributed by atoms with E-state index in [-0.39, 0.29) is 11.7 Å². The number of ether oxygens (including phenoxy) is 1. The van der Waals surface area contributed by atoms with Gasteiger partial charge in [-0.15, -0.1) is 10.2 Å². The van der Waals surface area contributed by atoms with Crippen molar-refractivity contribution in [2.24, 2.45) is 0 Å². The Balaban J connectivity index is 1.90. The van der Waals surface area contributed by atoms with Crippen LogP contribution in [-0.4, -0.2) is 48.0 Å². The van der Waals surface area contributed by atoms with E-state index < -0.39 is 12.0 Å². The minimum atomic E-state index is -0.715. The summed E-state index contributed by atoms with van der Waals surface area (Å²) in [6.07, 6.45) is 0.382. The lowest BCUT2D eigenvalue weighted by Crippen LogP contribution is -2.43. The van der Waals surface area contributed by atoms with E-state index in [0.717, 1.165) is 5.56 Å². The van der Waals surface area contributed by atoms with E-state index in [1.165, 1.54) is 30.2 Å². The molecule has 0 radical (unpaired) electrons. The smallest absolute Gasteiger partial charge is 0.328 e. The SMILES string of the molecule is CNc1nnc(SCC(=O)N[C@@H](Cc2ccccc2)C(=O)OC)s1. The summed E-state index contributed by atoms with van der Waals surface area (Å²) < 4.78 is 5.46. The maximum absolute atomic E-state index is 12.1. The molecule has 2 N–H and O–H groups in total. The summed E-state index contributed by atoms with van der Waals surface area (Å²) in [6, 6.07) is 8.75.